The van der Waals surface area contributed by atoms with E-state index in [-0.39, 0.29) is 5.02 Å². The van der Waals surface area contributed by atoms with Crippen LogP contribution >= 0.6 is 11.6 Å². The molecule has 6 heteroatoms. The largest absolute Gasteiger partial charge is 0.480 e. The molecule has 0 saturated carbocycles. The number of nitrogen functional groups attached to an aromatic ring is 1. The first-order valence-electron chi connectivity index (χ1n) is 7.72. The fraction of sp³-hybridized carbons (Fsp3) is 0.278. The predicted octanol–water partition coefficient (Wildman–Crippen LogP) is 4.75. The molecule has 0 atom stereocenters. The number of anilines is 1. The third kappa shape index (κ3) is 2.91. The SMILES string of the molecule is CCn1c(C(C)(C)Oc2ccc(Cl)c(F)c2)nc2cc(N)ccc21. The van der Waals surface area contributed by atoms with Crippen LogP contribution in [0.25, 0.3) is 11.0 Å². The Morgan fingerprint density at radius 1 is 1.25 bits per heavy atom. The van der Waals surface area contributed by atoms with Crippen molar-refractivity contribution >= 4 is 28.3 Å². The van der Waals surface area contributed by atoms with Gasteiger partial charge in [0.05, 0.1) is 16.1 Å². The van der Waals surface area contributed by atoms with Gasteiger partial charge in [-0.2, -0.15) is 0 Å². The third-order valence-electron chi connectivity index (χ3n) is 3.89. The number of aromatic nitrogens is 2. The highest BCUT2D eigenvalue weighted by atomic mass is 35.5. The van der Waals surface area contributed by atoms with Crippen molar-refractivity contribution < 1.29 is 9.13 Å². The maximum absolute atomic E-state index is 13.7. The number of aryl methyl sites for hydroxylation is 1. The van der Waals surface area contributed by atoms with Crippen molar-refractivity contribution in [1.82, 2.24) is 9.55 Å². The summed E-state index contributed by atoms with van der Waals surface area (Å²) in [5.74, 6) is 0.638. The van der Waals surface area contributed by atoms with Crippen LogP contribution in [0.5, 0.6) is 5.75 Å². The van der Waals surface area contributed by atoms with E-state index < -0.39 is 11.4 Å². The molecule has 1 aromatic heterocycles. The number of fused-ring (bicyclic) bond motifs is 1. The molecule has 0 aliphatic rings. The fourth-order valence-corrected chi connectivity index (χ4v) is 2.92. The zero-order valence-electron chi connectivity index (χ0n) is 13.8. The van der Waals surface area contributed by atoms with Crippen molar-refractivity contribution in [2.45, 2.75) is 32.9 Å². The number of halogens is 2. The zero-order chi connectivity index (χ0) is 17.5. The molecule has 2 aromatic carbocycles. The summed E-state index contributed by atoms with van der Waals surface area (Å²) in [4.78, 5) is 4.69. The summed E-state index contributed by atoms with van der Waals surface area (Å²) < 4.78 is 21.8. The van der Waals surface area contributed by atoms with Crippen molar-refractivity contribution in [3.05, 3.63) is 53.1 Å². The average molecular weight is 348 g/mol. The van der Waals surface area contributed by atoms with Gasteiger partial charge < -0.3 is 15.0 Å². The highest BCUT2D eigenvalue weighted by molar-refractivity contribution is 6.30. The number of nitrogens with two attached hydrogens (primary N) is 1. The second kappa shape index (κ2) is 5.98. The first-order chi connectivity index (χ1) is 11.3. The van der Waals surface area contributed by atoms with Crippen LogP contribution in [0.2, 0.25) is 5.02 Å². The molecule has 0 spiro atoms. The van der Waals surface area contributed by atoms with E-state index in [0.717, 1.165) is 23.4 Å². The summed E-state index contributed by atoms with van der Waals surface area (Å²) in [6, 6.07) is 10.0. The number of hydrogen-bond donors (Lipinski definition) is 1. The average Bonchev–Trinajstić information content (AvgIpc) is 2.89. The quantitative estimate of drug-likeness (QED) is 0.693. The smallest absolute Gasteiger partial charge is 0.161 e. The Hall–Kier alpha value is -2.27. The molecule has 0 unspecified atom stereocenters. The molecule has 3 rings (SSSR count). The molecule has 0 aliphatic carbocycles. The van der Waals surface area contributed by atoms with Gasteiger partial charge in [-0.1, -0.05) is 11.6 Å². The molecule has 126 valence electrons. The molecular formula is C18H19ClFN3O. The van der Waals surface area contributed by atoms with Gasteiger partial charge in [0.15, 0.2) is 11.4 Å². The van der Waals surface area contributed by atoms with E-state index in [1.165, 1.54) is 12.1 Å². The lowest BCUT2D eigenvalue weighted by Crippen LogP contribution is -2.29. The van der Waals surface area contributed by atoms with Crippen LogP contribution in [0, 0.1) is 5.82 Å². The van der Waals surface area contributed by atoms with Crippen LogP contribution in [0.1, 0.15) is 26.6 Å². The van der Waals surface area contributed by atoms with Gasteiger partial charge in [0.25, 0.3) is 0 Å². The van der Waals surface area contributed by atoms with Crippen LogP contribution in [0.3, 0.4) is 0 Å². The topological polar surface area (TPSA) is 53.1 Å². The van der Waals surface area contributed by atoms with Crippen molar-refractivity contribution in [1.29, 1.82) is 0 Å². The Morgan fingerprint density at radius 2 is 2.00 bits per heavy atom. The predicted molar refractivity (Wildman–Crippen MR) is 94.9 cm³/mol. The van der Waals surface area contributed by atoms with Gasteiger partial charge in [0.1, 0.15) is 11.6 Å². The second-order valence-corrected chi connectivity index (χ2v) is 6.52. The van der Waals surface area contributed by atoms with Gasteiger partial charge in [0, 0.05) is 18.3 Å². The van der Waals surface area contributed by atoms with Gasteiger partial charge >= 0.3 is 0 Å². The van der Waals surface area contributed by atoms with Gasteiger partial charge in [-0.05, 0) is 51.1 Å². The molecule has 0 saturated heterocycles. The Kier molecular flexibility index (Phi) is 4.13. The van der Waals surface area contributed by atoms with Gasteiger partial charge in [0.2, 0.25) is 0 Å². The Bertz CT molecular complexity index is 905. The summed E-state index contributed by atoms with van der Waals surface area (Å²) in [6.07, 6.45) is 0. The highest BCUT2D eigenvalue weighted by Gasteiger charge is 2.30. The van der Waals surface area contributed by atoms with Gasteiger partial charge in [-0.3, -0.25) is 0 Å². The number of rotatable bonds is 4. The summed E-state index contributed by atoms with van der Waals surface area (Å²) >= 11 is 5.73. The summed E-state index contributed by atoms with van der Waals surface area (Å²) in [6.45, 7) is 6.57. The minimum atomic E-state index is -0.760. The van der Waals surface area contributed by atoms with E-state index in [1.54, 1.807) is 6.07 Å². The molecule has 3 aromatic rings. The fourth-order valence-electron chi connectivity index (χ4n) is 2.81. The molecular weight excluding hydrogens is 329 g/mol. The first-order valence-corrected chi connectivity index (χ1v) is 8.10. The normalized spacial score (nSPS) is 11.9. The number of hydrogen-bond acceptors (Lipinski definition) is 3. The van der Waals surface area contributed by atoms with E-state index >= 15 is 0 Å². The van der Waals surface area contributed by atoms with Crippen molar-refractivity contribution in [2.24, 2.45) is 0 Å². The first kappa shape index (κ1) is 16.6. The van der Waals surface area contributed by atoms with Crippen LogP contribution < -0.4 is 10.5 Å². The third-order valence-corrected chi connectivity index (χ3v) is 4.20. The number of imidazole rings is 1. The summed E-state index contributed by atoms with van der Waals surface area (Å²) in [5.41, 5.74) is 7.55. The Labute approximate surface area is 145 Å². The standard InChI is InChI=1S/C18H19ClFN3O/c1-4-23-16-8-5-11(21)9-15(16)22-17(23)18(2,3)24-12-6-7-13(19)14(20)10-12/h5-10H,4,21H2,1-3H3. The van der Waals surface area contributed by atoms with E-state index in [0.29, 0.717) is 11.4 Å². The number of benzene rings is 2. The molecule has 24 heavy (non-hydrogen) atoms. The van der Waals surface area contributed by atoms with Crippen LogP contribution in [-0.4, -0.2) is 9.55 Å². The minimum Gasteiger partial charge on any atom is -0.480 e. The molecule has 0 bridgehead atoms. The Balaban J connectivity index is 2.05. The maximum Gasteiger partial charge on any atom is 0.161 e. The van der Waals surface area contributed by atoms with Gasteiger partial charge in [-0.25, -0.2) is 9.37 Å². The molecule has 2 N–H and O–H groups in total. The molecule has 0 amide bonds. The molecule has 0 aliphatic heterocycles. The summed E-state index contributed by atoms with van der Waals surface area (Å²) in [7, 11) is 0. The van der Waals surface area contributed by atoms with Crippen molar-refractivity contribution in [3.63, 3.8) is 0 Å². The molecule has 0 fully saturated rings. The van der Waals surface area contributed by atoms with Crippen molar-refractivity contribution in [3.8, 4) is 5.75 Å². The Morgan fingerprint density at radius 3 is 2.67 bits per heavy atom. The molecule has 0 radical (unpaired) electrons. The van der Waals surface area contributed by atoms with E-state index in [1.807, 2.05) is 39.0 Å². The molecule has 1 heterocycles. The lowest BCUT2D eigenvalue weighted by atomic mass is 10.1. The molecule has 4 nitrogen and oxygen atoms in total. The minimum absolute atomic E-state index is 0.0661. The van der Waals surface area contributed by atoms with Crippen LogP contribution in [0.4, 0.5) is 10.1 Å². The lowest BCUT2D eigenvalue weighted by molar-refractivity contribution is 0.0945. The second-order valence-electron chi connectivity index (χ2n) is 6.12. The van der Waals surface area contributed by atoms with E-state index in [9.17, 15) is 4.39 Å². The van der Waals surface area contributed by atoms with Crippen molar-refractivity contribution in [2.75, 3.05) is 5.73 Å². The maximum atomic E-state index is 13.7. The van der Waals surface area contributed by atoms with Crippen LogP contribution in [0.15, 0.2) is 36.4 Å². The summed E-state index contributed by atoms with van der Waals surface area (Å²) in [5, 5.41) is 0.0661. The zero-order valence-corrected chi connectivity index (χ0v) is 14.6. The van der Waals surface area contributed by atoms with E-state index in [4.69, 9.17) is 27.1 Å². The van der Waals surface area contributed by atoms with Crippen LogP contribution in [-0.2, 0) is 12.1 Å². The number of nitrogens with zero attached hydrogens (tertiary/aromatic N) is 2. The lowest BCUT2D eigenvalue weighted by Gasteiger charge is -2.26. The van der Waals surface area contributed by atoms with E-state index in [2.05, 4.69) is 4.57 Å². The number of ether oxygens (including phenoxy) is 1. The monoisotopic (exact) mass is 347 g/mol. The van der Waals surface area contributed by atoms with Gasteiger partial charge in [-0.15, -0.1) is 0 Å². The highest BCUT2D eigenvalue weighted by Crippen LogP contribution is 2.31.